The van der Waals surface area contributed by atoms with Gasteiger partial charge in [0, 0.05) is 45.7 Å². The van der Waals surface area contributed by atoms with Gasteiger partial charge < -0.3 is 26.5 Å². The van der Waals surface area contributed by atoms with Crippen LogP contribution in [0.25, 0.3) is 27.6 Å². The first-order valence-electron chi connectivity index (χ1n) is 23.5. The Morgan fingerprint density at radius 1 is 0.515 bits per heavy atom. The molecular weight excluding hydrogens is 1010 g/mol. The summed E-state index contributed by atoms with van der Waals surface area (Å²) in [6.45, 7) is 34.3. The van der Waals surface area contributed by atoms with Crippen LogP contribution in [-0.4, -0.2) is 9.55 Å². The predicted molar refractivity (Wildman–Crippen MR) is 284 cm³/mol. The molecule has 0 saturated carbocycles. The molecule has 0 unspecified atom stereocenters. The molecule has 0 spiro atoms. The molecule has 5 nitrogen and oxygen atoms in total. The Hall–Kier alpha value is -5.64. The number of nitrogens with zero attached hydrogens (tertiary/aromatic N) is 4. The van der Waals surface area contributed by atoms with Gasteiger partial charge in [-0.1, -0.05) is 168 Å². The van der Waals surface area contributed by atoms with Gasteiger partial charge in [-0.05, 0) is 97.3 Å². The second-order valence-corrected chi connectivity index (χ2v) is 22.8. The maximum atomic E-state index is 6.92. The van der Waals surface area contributed by atoms with Gasteiger partial charge in [-0.25, -0.2) is 4.98 Å². The molecule has 0 atom stereocenters. The maximum Gasteiger partial charge on any atom is 4.00 e. The molecule has 6 heteroatoms. The number of hydrogen-bond acceptors (Lipinski definition) is 4. The van der Waals surface area contributed by atoms with Gasteiger partial charge >= 0.3 is 21.1 Å². The normalized spacial score (nSPS) is 13.4. The number of aromatic nitrogens is 2. The molecule has 0 radical (unpaired) electrons. The van der Waals surface area contributed by atoms with E-state index in [1.807, 2.05) is 12.3 Å². The van der Waals surface area contributed by atoms with Gasteiger partial charge in [0.15, 0.2) is 0 Å². The number of anilines is 4. The first-order chi connectivity index (χ1) is 31.0. The van der Waals surface area contributed by atoms with Crippen LogP contribution in [0, 0.1) is 26.2 Å². The van der Waals surface area contributed by atoms with Crippen LogP contribution in [0.4, 0.5) is 22.7 Å². The second kappa shape index (κ2) is 18.0. The smallest absolute Gasteiger partial charge is 0.509 e. The van der Waals surface area contributed by atoms with Gasteiger partial charge in [0.2, 0.25) is 0 Å². The summed E-state index contributed by atoms with van der Waals surface area (Å²) in [5, 5.41) is 2.33. The van der Waals surface area contributed by atoms with Crippen LogP contribution in [0.3, 0.4) is 0 Å². The first-order valence-corrected chi connectivity index (χ1v) is 23.5. The fourth-order valence-corrected chi connectivity index (χ4v) is 9.54. The Morgan fingerprint density at radius 3 is 1.76 bits per heavy atom. The quantitative estimate of drug-likeness (QED) is 0.149. The molecule has 8 aromatic rings. The van der Waals surface area contributed by atoms with Crippen LogP contribution in [-0.2, 0) is 48.1 Å². The average molecular weight is 1080 g/mol. The minimum absolute atomic E-state index is 0. The number of benzene rings is 6. The first kappa shape index (κ1) is 50.2. The van der Waals surface area contributed by atoms with Crippen molar-refractivity contribution in [3.63, 3.8) is 0 Å². The summed E-state index contributed by atoms with van der Waals surface area (Å²) in [4.78, 5) is 9.58. The van der Waals surface area contributed by atoms with Crippen molar-refractivity contribution in [1.82, 2.24) is 9.55 Å². The van der Waals surface area contributed by atoms with E-state index in [9.17, 15) is 0 Å². The molecule has 1 aliphatic heterocycles. The predicted octanol–water partition coefficient (Wildman–Crippen LogP) is 16.9. The molecule has 2 aromatic heterocycles. The Labute approximate surface area is 421 Å². The standard InChI is InChI=1S/C61H65N4O.CH3.Pt/c1-57(2,3)41-30-31-62-55(33-41)65-51-29-19-18-28-47(51)56-50(60(10,11)12)35-46(36-54(56)65)66-45-27-21-26-44(34-45)64-39-63(52-37-48(58(4,5)6)49(38-53(52)64)59(7,8)9)43-25-20-24-42(32-43)61(13,14)40-22-16-15-17-23-40;;/h15-33,35,37-39H,1-14H3;1H3;/q-3;-1;+4. The molecule has 1 aliphatic rings. The zero-order chi connectivity index (χ0) is 47.1. The van der Waals surface area contributed by atoms with Crippen molar-refractivity contribution >= 4 is 44.6 Å². The molecule has 0 amide bonds. The third-order valence-electron chi connectivity index (χ3n) is 13.4. The summed E-state index contributed by atoms with van der Waals surface area (Å²) in [6, 6.07) is 53.4. The van der Waals surface area contributed by atoms with Crippen LogP contribution in [0.5, 0.6) is 11.5 Å². The molecule has 0 N–H and O–H groups in total. The summed E-state index contributed by atoms with van der Waals surface area (Å²) in [5.74, 6) is 2.11. The number of rotatable bonds is 7. The SMILES string of the molecule is CC(C)(C)c1ccnc(-n2c3[c-]c(Oc4[c-]c(N5[CH-]N(c6cccc(C(C)(C)c7ccccc7)c6)c6cc(C(C)(C)C)c(C(C)(C)C)cc65)ccc4)cc(C(C)(C)C)c3c3ccccc32)c1.[CH3-].[Pt+4]. The molecule has 3 heterocycles. The van der Waals surface area contributed by atoms with Crippen molar-refractivity contribution in [2.24, 2.45) is 0 Å². The number of para-hydroxylation sites is 1. The van der Waals surface area contributed by atoms with E-state index in [1.165, 1.54) is 38.8 Å². The minimum Gasteiger partial charge on any atom is -0.509 e. The molecule has 352 valence electrons. The maximum absolute atomic E-state index is 6.92. The van der Waals surface area contributed by atoms with Gasteiger partial charge in [0.25, 0.3) is 0 Å². The Kier molecular flexibility index (Phi) is 13.3. The van der Waals surface area contributed by atoms with Crippen molar-refractivity contribution in [2.75, 3.05) is 9.80 Å². The molecule has 68 heavy (non-hydrogen) atoms. The van der Waals surface area contributed by atoms with E-state index in [0.29, 0.717) is 11.5 Å². The van der Waals surface area contributed by atoms with Crippen LogP contribution >= 0.6 is 0 Å². The van der Waals surface area contributed by atoms with Crippen LogP contribution in [0.2, 0.25) is 0 Å². The third kappa shape index (κ3) is 9.28. The number of pyridine rings is 1. The topological polar surface area (TPSA) is 33.5 Å². The van der Waals surface area contributed by atoms with Crippen LogP contribution in [0.15, 0.2) is 134 Å². The zero-order valence-electron chi connectivity index (χ0n) is 42.8. The van der Waals surface area contributed by atoms with E-state index in [2.05, 4.69) is 251 Å². The van der Waals surface area contributed by atoms with Crippen molar-refractivity contribution in [3.8, 4) is 17.3 Å². The third-order valence-corrected chi connectivity index (χ3v) is 13.4. The van der Waals surface area contributed by atoms with E-state index < -0.39 is 0 Å². The van der Waals surface area contributed by atoms with Crippen molar-refractivity contribution < 1.29 is 25.8 Å². The Bertz CT molecular complexity index is 3120. The van der Waals surface area contributed by atoms with Gasteiger partial charge in [-0.15, -0.1) is 48.3 Å². The van der Waals surface area contributed by atoms with E-state index in [4.69, 9.17) is 9.72 Å². The van der Waals surface area contributed by atoms with Crippen molar-refractivity contribution in [1.29, 1.82) is 0 Å². The molecule has 0 aliphatic carbocycles. The minimum atomic E-state index is -0.200. The summed E-state index contributed by atoms with van der Waals surface area (Å²) in [6.07, 6.45) is 1.92. The monoisotopic (exact) mass is 1080 g/mol. The van der Waals surface area contributed by atoms with E-state index in [0.717, 1.165) is 45.0 Å². The summed E-state index contributed by atoms with van der Waals surface area (Å²) < 4.78 is 9.18. The zero-order valence-corrected chi connectivity index (χ0v) is 45.1. The van der Waals surface area contributed by atoms with Crippen LogP contribution in [0.1, 0.15) is 130 Å². The average Bonchev–Trinajstić information content (AvgIpc) is 3.81. The van der Waals surface area contributed by atoms with E-state index in [1.54, 1.807) is 0 Å². The molecule has 6 aromatic carbocycles. The second-order valence-electron chi connectivity index (χ2n) is 22.8. The number of ether oxygens (including phenoxy) is 1. The molecule has 9 rings (SSSR count). The largest absolute Gasteiger partial charge is 4.00 e. The van der Waals surface area contributed by atoms with Crippen molar-refractivity contribution in [2.45, 2.75) is 124 Å². The summed E-state index contributed by atoms with van der Waals surface area (Å²) >= 11 is 0. The molecule has 0 fully saturated rings. The summed E-state index contributed by atoms with van der Waals surface area (Å²) in [7, 11) is 0. The summed E-state index contributed by atoms with van der Waals surface area (Å²) in [5.41, 5.74) is 13.3. The Morgan fingerprint density at radius 2 is 1.12 bits per heavy atom. The van der Waals surface area contributed by atoms with Crippen molar-refractivity contribution in [3.05, 3.63) is 193 Å². The fraction of sp³-hybridized carbons (Fsp3) is 0.306. The molecule has 0 bridgehead atoms. The van der Waals surface area contributed by atoms with Crippen LogP contribution < -0.4 is 14.5 Å². The number of hydrogen-bond donors (Lipinski definition) is 0. The van der Waals surface area contributed by atoms with E-state index >= 15 is 0 Å². The van der Waals surface area contributed by atoms with E-state index in [-0.39, 0.29) is 55.6 Å². The number of fused-ring (bicyclic) bond motifs is 4. The van der Waals surface area contributed by atoms with Gasteiger partial charge in [0.1, 0.15) is 5.82 Å². The molecule has 0 saturated heterocycles. The molecular formula is C62H68N4OPt. The Balaban J connectivity index is 0.00000342. The fourth-order valence-electron chi connectivity index (χ4n) is 9.54. The van der Waals surface area contributed by atoms with Gasteiger partial charge in [-0.2, -0.15) is 6.07 Å². The van der Waals surface area contributed by atoms with Gasteiger partial charge in [-0.3, -0.25) is 0 Å². The van der Waals surface area contributed by atoms with Gasteiger partial charge in [0.05, 0.1) is 0 Å².